The summed E-state index contributed by atoms with van der Waals surface area (Å²) in [5.74, 6) is -0.832. The highest BCUT2D eigenvalue weighted by atomic mass is 35.5. The van der Waals surface area contributed by atoms with Gasteiger partial charge in [-0.3, -0.25) is 19.7 Å². The van der Waals surface area contributed by atoms with Gasteiger partial charge in [-0.25, -0.2) is 4.68 Å². The molecule has 0 bridgehead atoms. The minimum atomic E-state index is -0.568. The molecule has 0 unspecified atom stereocenters. The lowest BCUT2D eigenvalue weighted by atomic mass is 10.2. The summed E-state index contributed by atoms with van der Waals surface area (Å²) in [5.41, 5.74) is 1.45. The van der Waals surface area contributed by atoms with Crippen molar-refractivity contribution in [3.8, 4) is 5.69 Å². The van der Waals surface area contributed by atoms with Crippen LogP contribution in [0.4, 0.5) is 17.1 Å². The topological polar surface area (TPSA) is 132 Å². The predicted molar refractivity (Wildman–Crippen MR) is 106 cm³/mol. The minimum Gasteiger partial charge on any atom is -0.326 e. The van der Waals surface area contributed by atoms with E-state index in [4.69, 9.17) is 11.6 Å². The second-order valence-electron chi connectivity index (χ2n) is 6.04. The summed E-state index contributed by atoms with van der Waals surface area (Å²) in [4.78, 5) is 34.3. The van der Waals surface area contributed by atoms with E-state index in [2.05, 4.69) is 20.9 Å². The highest BCUT2D eigenvalue weighted by Gasteiger charge is 2.19. The van der Waals surface area contributed by atoms with Crippen molar-refractivity contribution in [1.82, 2.24) is 15.0 Å². The van der Waals surface area contributed by atoms with Gasteiger partial charge < -0.3 is 10.6 Å². The molecule has 0 fully saturated rings. The summed E-state index contributed by atoms with van der Waals surface area (Å²) in [6.45, 7) is 2.98. The third kappa shape index (κ3) is 4.38. The first-order valence-electron chi connectivity index (χ1n) is 8.32. The molecule has 2 N–H and O–H groups in total. The number of nitro benzene ring substituents is 1. The van der Waals surface area contributed by atoms with Crippen molar-refractivity contribution in [2.24, 2.45) is 0 Å². The number of nitrogens with zero attached hydrogens (tertiary/aromatic N) is 4. The molecule has 0 aliphatic heterocycles. The van der Waals surface area contributed by atoms with Crippen molar-refractivity contribution in [2.75, 3.05) is 10.6 Å². The van der Waals surface area contributed by atoms with Crippen LogP contribution in [0.25, 0.3) is 5.69 Å². The summed E-state index contributed by atoms with van der Waals surface area (Å²) < 4.78 is 1.33. The number of benzene rings is 2. The third-order valence-corrected chi connectivity index (χ3v) is 4.26. The molecule has 11 heteroatoms. The van der Waals surface area contributed by atoms with Crippen LogP contribution in [0.15, 0.2) is 42.5 Å². The molecule has 3 rings (SSSR count). The van der Waals surface area contributed by atoms with Gasteiger partial charge in [-0.2, -0.15) is 0 Å². The smallest absolute Gasteiger partial charge is 0.278 e. The first kappa shape index (κ1) is 20.0. The fraction of sp³-hybridized carbons (Fsp3) is 0.111. The number of amides is 2. The van der Waals surface area contributed by atoms with E-state index < -0.39 is 10.8 Å². The lowest BCUT2D eigenvalue weighted by Gasteiger charge is -2.09. The Morgan fingerprint density at radius 3 is 2.62 bits per heavy atom. The Labute approximate surface area is 169 Å². The molecule has 0 aliphatic carbocycles. The summed E-state index contributed by atoms with van der Waals surface area (Å²) >= 11 is 6.12. The Bertz CT molecular complexity index is 1130. The molecule has 0 aliphatic rings. The van der Waals surface area contributed by atoms with Crippen LogP contribution in [0.2, 0.25) is 5.02 Å². The molecule has 3 aromatic rings. The number of non-ortho nitro benzene ring substituents is 1. The van der Waals surface area contributed by atoms with Crippen LogP contribution < -0.4 is 10.6 Å². The highest BCUT2D eigenvalue weighted by molar-refractivity contribution is 6.34. The van der Waals surface area contributed by atoms with Gasteiger partial charge in [0.15, 0.2) is 5.69 Å². The Kier molecular flexibility index (Phi) is 5.55. The van der Waals surface area contributed by atoms with Crippen molar-refractivity contribution in [2.45, 2.75) is 13.8 Å². The molecule has 0 spiro atoms. The predicted octanol–water partition coefficient (Wildman–Crippen LogP) is 3.35. The number of carbonyl (C=O) groups excluding carboxylic acids is 2. The summed E-state index contributed by atoms with van der Waals surface area (Å²) in [5, 5.41) is 24.3. The average Bonchev–Trinajstić information content (AvgIpc) is 3.05. The number of rotatable bonds is 5. The van der Waals surface area contributed by atoms with E-state index >= 15 is 0 Å². The molecule has 2 amide bonds. The van der Waals surface area contributed by atoms with Gasteiger partial charge >= 0.3 is 0 Å². The Balaban J connectivity index is 1.88. The number of halogens is 1. The van der Waals surface area contributed by atoms with Crippen LogP contribution in [0.3, 0.4) is 0 Å². The van der Waals surface area contributed by atoms with Crippen LogP contribution in [-0.2, 0) is 4.79 Å². The molecular weight excluding hydrogens is 400 g/mol. The van der Waals surface area contributed by atoms with Gasteiger partial charge in [-0.1, -0.05) is 22.9 Å². The van der Waals surface area contributed by atoms with E-state index in [-0.39, 0.29) is 28.0 Å². The van der Waals surface area contributed by atoms with Crippen LogP contribution in [-0.4, -0.2) is 31.7 Å². The first-order chi connectivity index (χ1) is 13.8. The van der Waals surface area contributed by atoms with E-state index in [9.17, 15) is 19.7 Å². The van der Waals surface area contributed by atoms with Gasteiger partial charge in [0.1, 0.15) is 0 Å². The van der Waals surface area contributed by atoms with Crippen molar-refractivity contribution in [3.05, 3.63) is 69.0 Å². The van der Waals surface area contributed by atoms with Gasteiger partial charge in [-0.15, -0.1) is 5.10 Å². The molecule has 29 heavy (non-hydrogen) atoms. The van der Waals surface area contributed by atoms with Gasteiger partial charge in [0.05, 0.1) is 27.0 Å². The third-order valence-electron chi connectivity index (χ3n) is 3.93. The van der Waals surface area contributed by atoms with Crippen LogP contribution in [0.1, 0.15) is 23.1 Å². The quantitative estimate of drug-likeness (QED) is 0.486. The summed E-state index contributed by atoms with van der Waals surface area (Å²) in [7, 11) is 0. The monoisotopic (exact) mass is 414 g/mol. The van der Waals surface area contributed by atoms with E-state index in [1.807, 2.05) is 0 Å². The van der Waals surface area contributed by atoms with Crippen molar-refractivity contribution in [3.63, 3.8) is 0 Å². The Morgan fingerprint density at radius 1 is 1.17 bits per heavy atom. The molecule has 0 saturated heterocycles. The van der Waals surface area contributed by atoms with Gasteiger partial charge in [0.2, 0.25) is 5.91 Å². The number of aromatic nitrogens is 3. The van der Waals surface area contributed by atoms with Crippen molar-refractivity contribution < 1.29 is 14.5 Å². The molecule has 0 atom stereocenters. The molecule has 0 saturated carbocycles. The molecule has 148 valence electrons. The fourth-order valence-electron chi connectivity index (χ4n) is 2.61. The summed E-state index contributed by atoms with van der Waals surface area (Å²) in [6, 6.07) is 10.5. The molecule has 10 nitrogen and oxygen atoms in total. The average molecular weight is 415 g/mol. The maximum Gasteiger partial charge on any atom is 0.278 e. The number of nitro groups is 1. The normalized spacial score (nSPS) is 10.4. The molecule has 1 heterocycles. The highest BCUT2D eigenvalue weighted by Crippen LogP contribution is 2.26. The SMILES string of the molecule is CC(=O)Nc1ccc(Cl)c(NC(=O)c2nnn(-c3cccc([N+](=O)[O-])c3)c2C)c1. The van der Waals surface area contributed by atoms with E-state index in [1.54, 1.807) is 19.1 Å². The number of carbonyl (C=O) groups is 2. The van der Waals surface area contributed by atoms with E-state index in [0.717, 1.165) is 0 Å². The molecule has 2 aromatic carbocycles. The van der Waals surface area contributed by atoms with Gasteiger partial charge in [0, 0.05) is 24.7 Å². The van der Waals surface area contributed by atoms with E-state index in [1.165, 1.54) is 41.9 Å². The van der Waals surface area contributed by atoms with Crippen LogP contribution in [0.5, 0.6) is 0 Å². The van der Waals surface area contributed by atoms with Crippen LogP contribution in [0, 0.1) is 17.0 Å². The lowest BCUT2D eigenvalue weighted by Crippen LogP contribution is -2.15. The fourth-order valence-corrected chi connectivity index (χ4v) is 2.77. The van der Waals surface area contributed by atoms with Gasteiger partial charge in [0.25, 0.3) is 11.6 Å². The number of anilines is 2. The minimum absolute atomic E-state index is 0.0255. The van der Waals surface area contributed by atoms with Crippen molar-refractivity contribution in [1.29, 1.82) is 0 Å². The van der Waals surface area contributed by atoms with Crippen LogP contribution >= 0.6 is 11.6 Å². The second kappa shape index (κ2) is 8.07. The Hall–Kier alpha value is -3.79. The zero-order valence-corrected chi connectivity index (χ0v) is 16.1. The van der Waals surface area contributed by atoms with Gasteiger partial charge in [-0.05, 0) is 31.2 Å². The zero-order chi connectivity index (χ0) is 21.1. The first-order valence-corrected chi connectivity index (χ1v) is 8.69. The maximum absolute atomic E-state index is 12.7. The van der Waals surface area contributed by atoms with E-state index in [0.29, 0.717) is 17.1 Å². The lowest BCUT2D eigenvalue weighted by molar-refractivity contribution is -0.384. The molecule has 0 radical (unpaired) electrons. The van der Waals surface area contributed by atoms with Crippen molar-refractivity contribution >= 4 is 40.5 Å². The maximum atomic E-state index is 12.7. The summed E-state index contributed by atoms with van der Waals surface area (Å²) in [6.07, 6.45) is 0. The number of hydrogen-bond acceptors (Lipinski definition) is 6. The second-order valence-corrected chi connectivity index (χ2v) is 6.45. The molecule has 1 aromatic heterocycles. The molecular formula is C18H15ClN6O4. The standard InChI is InChI=1S/C18H15ClN6O4/c1-10-17(22-23-24(10)13-4-3-5-14(9-13)25(28)29)18(27)21-16-8-12(20-11(2)26)6-7-15(16)19/h3-9H,1-2H3,(H,20,26)(H,21,27). The number of hydrogen-bond donors (Lipinski definition) is 2. The largest absolute Gasteiger partial charge is 0.326 e. The zero-order valence-electron chi connectivity index (χ0n) is 15.3. The Morgan fingerprint density at radius 2 is 1.93 bits per heavy atom. The number of nitrogens with one attached hydrogen (secondary N) is 2.